The number of hydrogen-bond donors (Lipinski definition) is 1. The van der Waals surface area contributed by atoms with Gasteiger partial charge in [-0.15, -0.1) is 0 Å². The van der Waals surface area contributed by atoms with Gasteiger partial charge in [0.2, 0.25) is 0 Å². The van der Waals surface area contributed by atoms with Crippen molar-refractivity contribution < 1.29 is 9.13 Å². The molecule has 0 spiro atoms. The van der Waals surface area contributed by atoms with Crippen LogP contribution in [0.3, 0.4) is 0 Å². The van der Waals surface area contributed by atoms with E-state index in [9.17, 15) is 9.65 Å². The molecule has 0 aliphatic carbocycles. The summed E-state index contributed by atoms with van der Waals surface area (Å²) in [5.74, 6) is -0.287. The van der Waals surface area contributed by atoms with E-state index >= 15 is 0 Å². The topological polar surface area (TPSA) is 60.1 Å². The highest BCUT2D eigenvalue weighted by molar-refractivity contribution is 8.06. The van der Waals surface area contributed by atoms with E-state index in [4.69, 9.17) is 68.2 Å². The van der Waals surface area contributed by atoms with Gasteiger partial charge in [-0.3, -0.25) is 10.3 Å². The van der Waals surface area contributed by atoms with E-state index in [0.29, 0.717) is 11.8 Å². The van der Waals surface area contributed by atoms with Crippen LogP contribution in [0.1, 0.15) is 6.92 Å². The van der Waals surface area contributed by atoms with Crippen molar-refractivity contribution in [2.45, 2.75) is 10.8 Å². The summed E-state index contributed by atoms with van der Waals surface area (Å²) in [6.07, 6.45) is 1.25. The SMILES string of the molecule is CCOC=C1C(SC(F)(Cl)Cl)=C(C#N)C(=N)N1c1c(Cl)cc(Cl)cc1Cl. The Morgan fingerprint density at radius 3 is 2.38 bits per heavy atom. The van der Waals surface area contributed by atoms with Gasteiger partial charge < -0.3 is 4.74 Å². The van der Waals surface area contributed by atoms with Crippen molar-refractivity contribution in [3.05, 3.63) is 49.6 Å². The maximum atomic E-state index is 13.8. The summed E-state index contributed by atoms with van der Waals surface area (Å²) in [7, 11) is 0. The second-order valence-electron chi connectivity index (χ2n) is 4.72. The summed E-state index contributed by atoms with van der Waals surface area (Å²) >= 11 is 29.7. The Bertz CT molecular complexity index is 837. The van der Waals surface area contributed by atoms with Crippen LogP contribution >= 0.6 is 69.8 Å². The Morgan fingerprint density at radius 1 is 1.35 bits per heavy atom. The van der Waals surface area contributed by atoms with Crippen molar-refractivity contribution in [3.8, 4) is 6.07 Å². The molecule has 0 atom stereocenters. The quantitative estimate of drug-likeness (QED) is 0.372. The predicted molar refractivity (Wildman–Crippen MR) is 107 cm³/mol. The second kappa shape index (κ2) is 8.47. The monoisotopic (exact) mass is 473 g/mol. The minimum atomic E-state index is -2.73. The third-order valence-corrected chi connectivity index (χ3v) is 5.16. The highest BCUT2D eigenvalue weighted by atomic mass is 35.5. The molecular weight excluding hydrogens is 467 g/mol. The number of nitriles is 1. The van der Waals surface area contributed by atoms with Gasteiger partial charge in [0.15, 0.2) is 0 Å². The van der Waals surface area contributed by atoms with Crippen molar-refractivity contribution >= 4 is 81.3 Å². The molecule has 2 rings (SSSR count). The molecule has 1 N–H and O–H groups in total. The number of nitrogens with zero attached hydrogens (tertiary/aromatic N) is 2. The number of anilines is 1. The molecule has 0 saturated carbocycles. The molecule has 1 heterocycles. The summed E-state index contributed by atoms with van der Waals surface area (Å²) in [6.45, 7) is 2.02. The number of nitrogens with one attached hydrogen (secondary N) is 1. The van der Waals surface area contributed by atoms with E-state index in [2.05, 4.69) is 0 Å². The van der Waals surface area contributed by atoms with Crippen LogP contribution in [0.15, 0.2) is 34.6 Å². The van der Waals surface area contributed by atoms with Crippen LogP contribution < -0.4 is 4.90 Å². The van der Waals surface area contributed by atoms with Gasteiger partial charge in [0, 0.05) is 5.02 Å². The van der Waals surface area contributed by atoms with Crippen LogP contribution in [0.25, 0.3) is 0 Å². The lowest BCUT2D eigenvalue weighted by molar-refractivity contribution is 0.266. The molecule has 1 aliphatic heterocycles. The van der Waals surface area contributed by atoms with E-state index in [1.165, 1.54) is 23.3 Å². The lowest BCUT2D eigenvalue weighted by Gasteiger charge is -2.24. The number of hydrogen-bond acceptors (Lipinski definition) is 4. The Kier molecular flexibility index (Phi) is 7.00. The van der Waals surface area contributed by atoms with Gasteiger partial charge in [0.05, 0.1) is 32.9 Å². The van der Waals surface area contributed by atoms with Gasteiger partial charge in [-0.2, -0.15) is 9.65 Å². The summed E-state index contributed by atoms with van der Waals surface area (Å²) in [4.78, 5) is 1.26. The number of amidine groups is 1. The van der Waals surface area contributed by atoms with Gasteiger partial charge in [-0.05, 0) is 30.8 Å². The molecule has 1 aromatic rings. The Labute approximate surface area is 178 Å². The largest absolute Gasteiger partial charge is 0.499 e. The number of rotatable bonds is 5. The van der Waals surface area contributed by atoms with Crippen molar-refractivity contribution in [1.82, 2.24) is 0 Å². The number of alkyl halides is 3. The normalized spacial score (nSPS) is 16.5. The van der Waals surface area contributed by atoms with Crippen LogP contribution in [0, 0.1) is 16.7 Å². The fourth-order valence-corrected chi connectivity index (χ4v) is 4.31. The molecular formula is C15H9Cl5FN3OS. The van der Waals surface area contributed by atoms with E-state index in [0.717, 1.165) is 0 Å². The van der Waals surface area contributed by atoms with Crippen LogP contribution in [0.2, 0.25) is 15.1 Å². The van der Waals surface area contributed by atoms with Crippen LogP contribution in [-0.4, -0.2) is 16.4 Å². The average molecular weight is 476 g/mol. The molecule has 0 saturated heterocycles. The van der Waals surface area contributed by atoms with E-state index in [1.54, 1.807) is 6.92 Å². The van der Waals surface area contributed by atoms with Gasteiger partial charge >= 0.3 is 3.92 Å². The Balaban J connectivity index is 2.69. The van der Waals surface area contributed by atoms with E-state index in [1.807, 2.05) is 6.07 Å². The molecule has 26 heavy (non-hydrogen) atoms. The maximum absolute atomic E-state index is 13.8. The fourth-order valence-electron chi connectivity index (χ4n) is 2.14. The molecule has 0 fully saturated rings. The van der Waals surface area contributed by atoms with Crippen LogP contribution in [0.5, 0.6) is 0 Å². The zero-order chi connectivity index (χ0) is 19.6. The van der Waals surface area contributed by atoms with Crippen molar-refractivity contribution in [3.63, 3.8) is 0 Å². The molecule has 0 unspecified atom stereocenters. The van der Waals surface area contributed by atoms with Crippen molar-refractivity contribution in [2.24, 2.45) is 0 Å². The maximum Gasteiger partial charge on any atom is 0.309 e. The molecule has 0 radical (unpaired) electrons. The third-order valence-electron chi connectivity index (χ3n) is 3.06. The number of ether oxygens (including phenoxy) is 1. The predicted octanol–water partition coefficient (Wildman–Crippen LogP) is 6.89. The highest BCUT2D eigenvalue weighted by Crippen LogP contribution is 2.51. The van der Waals surface area contributed by atoms with Gasteiger partial charge in [0.25, 0.3) is 0 Å². The molecule has 0 bridgehead atoms. The standard InChI is InChI=1S/C15H9Cl5FN3OS/c1-2-25-6-11-13(26-15(19,20)21)8(5-22)14(23)24(11)12-9(17)3-7(16)4-10(12)18/h3-4,6,23H,2H2,1H3. The fraction of sp³-hybridized carbons (Fsp3) is 0.200. The summed E-state index contributed by atoms with van der Waals surface area (Å²) < 4.78 is 16.4. The van der Waals surface area contributed by atoms with Crippen molar-refractivity contribution in [1.29, 1.82) is 10.7 Å². The van der Waals surface area contributed by atoms with Gasteiger partial charge in [-0.1, -0.05) is 58.0 Å². The minimum absolute atomic E-state index is 0.0144. The van der Waals surface area contributed by atoms with E-state index < -0.39 is 3.92 Å². The lowest BCUT2D eigenvalue weighted by Crippen LogP contribution is -2.25. The first kappa shape index (κ1) is 21.5. The van der Waals surface area contributed by atoms with Crippen molar-refractivity contribution in [2.75, 3.05) is 11.5 Å². The third kappa shape index (κ3) is 4.53. The molecule has 1 aromatic carbocycles. The summed E-state index contributed by atoms with van der Waals surface area (Å²) in [5.41, 5.74) is 0.171. The first-order valence-electron chi connectivity index (χ1n) is 6.86. The molecule has 0 aromatic heterocycles. The molecule has 1 aliphatic rings. The molecule has 0 amide bonds. The second-order valence-corrected chi connectivity index (χ2v) is 8.83. The zero-order valence-electron chi connectivity index (χ0n) is 12.9. The number of halogens is 6. The smallest absolute Gasteiger partial charge is 0.309 e. The first-order chi connectivity index (χ1) is 12.1. The minimum Gasteiger partial charge on any atom is -0.499 e. The zero-order valence-corrected chi connectivity index (χ0v) is 17.5. The summed E-state index contributed by atoms with van der Waals surface area (Å²) in [5, 5.41) is 18.3. The highest BCUT2D eigenvalue weighted by Gasteiger charge is 2.40. The van der Waals surface area contributed by atoms with Gasteiger partial charge in [-0.25, -0.2) is 0 Å². The number of benzene rings is 1. The number of thioether (sulfide) groups is 1. The molecule has 4 nitrogen and oxygen atoms in total. The summed E-state index contributed by atoms with van der Waals surface area (Å²) in [6, 6.07) is 4.70. The van der Waals surface area contributed by atoms with Gasteiger partial charge in [0.1, 0.15) is 23.7 Å². The van der Waals surface area contributed by atoms with Crippen LogP contribution in [0.4, 0.5) is 10.1 Å². The first-order valence-corrected chi connectivity index (χ1v) is 9.57. The average Bonchev–Trinajstić information content (AvgIpc) is 2.74. The molecule has 138 valence electrons. The van der Waals surface area contributed by atoms with Crippen LogP contribution in [-0.2, 0) is 4.74 Å². The van der Waals surface area contributed by atoms with E-state index in [-0.39, 0.29) is 49.4 Å². The Morgan fingerprint density at radius 2 is 1.92 bits per heavy atom. The Hall–Kier alpha value is -0.810. The molecule has 11 heteroatoms. The lowest BCUT2D eigenvalue weighted by atomic mass is 10.2.